The molecule has 0 aliphatic heterocycles. The zero-order valence-corrected chi connectivity index (χ0v) is 11.7. The number of hydrogen-bond acceptors (Lipinski definition) is 4. The van der Waals surface area contributed by atoms with Crippen molar-refractivity contribution in [3.05, 3.63) is 52.6 Å². The summed E-state index contributed by atoms with van der Waals surface area (Å²) in [6.07, 6.45) is 3.00. The minimum Gasteiger partial charge on any atom is -0.434 e. The van der Waals surface area contributed by atoms with Crippen LogP contribution in [0.15, 0.2) is 52.2 Å². The molecule has 0 saturated carbocycles. The van der Waals surface area contributed by atoms with Crippen LogP contribution in [0.25, 0.3) is 0 Å². The highest BCUT2D eigenvalue weighted by Gasteiger charge is 2.08. The van der Waals surface area contributed by atoms with Crippen LogP contribution in [-0.2, 0) is 0 Å². The van der Waals surface area contributed by atoms with Crippen LogP contribution in [0.4, 0.5) is 14.6 Å². The fourth-order valence-electron chi connectivity index (χ4n) is 1.42. The molecule has 1 aromatic heterocycles. The van der Waals surface area contributed by atoms with Crippen LogP contribution in [0.2, 0.25) is 0 Å². The summed E-state index contributed by atoms with van der Waals surface area (Å²) in [4.78, 5) is 4.01. The Morgan fingerprint density at radius 3 is 2.85 bits per heavy atom. The lowest BCUT2D eigenvalue weighted by Gasteiger charge is -2.08. The molecule has 0 amide bonds. The van der Waals surface area contributed by atoms with Gasteiger partial charge < -0.3 is 4.74 Å². The van der Waals surface area contributed by atoms with Gasteiger partial charge in [0.2, 0.25) is 0 Å². The Bertz CT molecular complexity index is 593. The van der Waals surface area contributed by atoms with E-state index in [-0.39, 0.29) is 5.75 Å². The third kappa shape index (κ3) is 4.27. The van der Waals surface area contributed by atoms with Crippen molar-refractivity contribution in [1.29, 1.82) is 0 Å². The summed E-state index contributed by atoms with van der Waals surface area (Å²) in [6, 6.07) is 9.99. The Hall–Kier alpha value is -2.02. The molecule has 7 heteroatoms. The quantitative estimate of drug-likeness (QED) is 0.662. The van der Waals surface area contributed by atoms with Crippen molar-refractivity contribution < 1.29 is 13.5 Å². The van der Waals surface area contributed by atoms with Crippen LogP contribution >= 0.6 is 15.9 Å². The topological polar surface area (TPSA) is 46.5 Å². The average molecular weight is 342 g/mol. The second kappa shape index (κ2) is 6.95. The van der Waals surface area contributed by atoms with Crippen LogP contribution in [0.5, 0.6) is 5.75 Å². The van der Waals surface area contributed by atoms with E-state index in [0.717, 1.165) is 4.47 Å². The summed E-state index contributed by atoms with van der Waals surface area (Å²) in [5.41, 5.74) is 3.11. The van der Waals surface area contributed by atoms with Gasteiger partial charge in [-0.25, -0.2) is 4.98 Å². The fraction of sp³-hybridized carbons (Fsp3) is 0.0769. The second-order valence-electron chi connectivity index (χ2n) is 3.65. The number of hydrazone groups is 1. The predicted molar refractivity (Wildman–Crippen MR) is 76.2 cm³/mol. The van der Waals surface area contributed by atoms with Gasteiger partial charge in [0.1, 0.15) is 11.6 Å². The van der Waals surface area contributed by atoms with Crippen LogP contribution < -0.4 is 10.2 Å². The Morgan fingerprint density at radius 1 is 1.30 bits per heavy atom. The maximum atomic E-state index is 12.3. The highest BCUT2D eigenvalue weighted by molar-refractivity contribution is 9.10. The normalized spacial score (nSPS) is 11.0. The Kier molecular flexibility index (Phi) is 5.00. The Morgan fingerprint density at radius 2 is 2.15 bits per heavy atom. The van der Waals surface area contributed by atoms with E-state index in [1.165, 1.54) is 12.3 Å². The first-order chi connectivity index (χ1) is 9.65. The molecule has 2 rings (SSSR count). The summed E-state index contributed by atoms with van der Waals surface area (Å²) in [6.45, 7) is -2.88. The molecule has 20 heavy (non-hydrogen) atoms. The summed E-state index contributed by atoms with van der Waals surface area (Å²) in [5, 5.41) is 3.94. The highest BCUT2D eigenvalue weighted by Crippen LogP contribution is 2.23. The van der Waals surface area contributed by atoms with Gasteiger partial charge in [0.25, 0.3) is 0 Å². The number of benzene rings is 1. The molecule has 4 nitrogen and oxygen atoms in total. The van der Waals surface area contributed by atoms with Crippen molar-refractivity contribution in [2.24, 2.45) is 5.10 Å². The number of anilines is 1. The molecular formula is C13H10BrF2N3O. The third-order valence-corrected chi connectivity index (χ3v) is 2.73. The Balaban J connectivity index is 2.13. The SMILES string of the molecule is FC(F)Oc1ccc(Br)cc1/C=N\Nc1ccccn1. The maximum Gasteiger partial charge on any atom is 0.387 e. The molecule has 1 aromatic carbocycles. The minimum atomic E-state index is -2.88. The fourth-order valence-corrected chi connectivity index (χ4v) is 1.80. The highest BCUT2D eigenvalue weighted by atomic mass is 79.9. The van der Waals surface area contributed by atoms with E-state index in [2.05, 4.69) is 36.2 Å². The molecule has 0 aliphatic carbocycles. The first-order valence-corrected chi connectivity index (χ1v) is 6.39. The number of pyridine rings is 1. The van der Waals surface area contributed by atoms with Gasteiger partial charge in [-0.1, -0.05) is 22.0 Å². The van der Waals surface area contributed by atoms with Gasteiger partial charge >= 0.3 is 6.61 Å². The molecule has 2 aromatic rings. The number of rotatable bonds is 5. The van der Waals surface area contributed by atoms with E-state index in [1.807, 2.05) is 0 Å². The number of halogens is 3. The molecule has 0 atom stereocenters. The molecule has 1 heterocycles. The first kappa shape index (κ1) is 14.4. The third-order valence-electron chi connectivity index (χ3n) is 2.24. The number of ether oxygens (including phenoxy) is 1. The largest absolute Gasteiger partial charge is 0.434 e. The predicted octanol–water partition coefficient (Wildman–Crippen LogP) is 3.89. The Labute approximate surface area is 122 Å². The van der Waals surface area contributed by atoms with Crippen molar-refractivity contribution in [3.8, 4) is 5.75 Å². The van der Waals surface area contributed by atoms with E-state index in [0.29, 0.717) is 11.4 Å². The summed E-state index contributed by atoms with van der Waals surface area (Å²) in [5.74, 6) is 0.602. The van der Waals surface area contributed by atoms with Gasteiger partial charge in [0, 0.05) is 16.2 Å². The zero-order valence-electron chi connectivity index (χ0n) is 10.1. The van der Waals surface area contributed by atoms with E-state index < -0.39 is 6.61 Å². The number of hydrogen-bond donors (Lipinski definition) is 1. The molecule has 104 valence electrons. The standard InChI is InChI=1S/C13H10BrF2N3O/c14-10-4-5-11(20-13(15)16)9(7-10)8-18-19-12-3-1-2-6-17-12/h1-8,13H,(H,17,19)/b18-8-. The van der Waals surface area contributed by atoms with Crippen molar-refractivity contribution in [2.75, 3.05) is 5.43 Å². The van der Waals surface area contributed by atoms with E-state index >= 15 is 0 Å². The molecule has 0 fully saturated rings. The van der Waals surface area contributed by atoms with Crippen molar-refractivity contribution in [1.82, 2.24) is 4.98 Å². The lowest BCUT2D eigenvalue weighted by molar-refractivity contribution is -0.0499. The molecule has 0 spiro atoms. The zero-order chi connectivity index (χ0) is 14.4. The summed E-state index contributed by atoms with van der Waals surface area (Å²) >= 11 is 3.26. The number of aromatic nitrogens is 1. The molecule has 0 aliphatic rings. The van der Waals surface area contributed by atoms with Gasteiger partial charge in [-0.15, -0.1) is 0 Å². The monoisotopic (exact) mass is 341 g/mol. The number of nitrogens with zero attached hydrogens (tertiary/aromatic N) is 2. The van der Waals surface area contributed by atoms with Crippen LogP contribution in [0.1, 0.15) is 5.56 Å². The van der Waals surface area contributed by atoms with Crippen LogP contribution in [0, 0.1) is 0 Å². The van der Waals surface area contributed by atoms with Gasteiger partial charge in [-0.3, -0.25) is 5.43 Å². The number of alkyl halides is 2. The van der Waals surface area contributed by atoms with Crippen LogP contribution in [-0.4, -0.2) is 17.8 Å². The van der Waals surface area contributed by atoms with Crippen molar-refractivity contribution in [2.45, 2.75) is 6.61 Å². The molecular weight excluding hydrogens is 332 g/mol. The smallest absolute Gasteiger partial charge is 0.387 e. The lowest BCUT2D eigenvalue weighted by atomic mass is 10.2. The second-order valence-corrected chi connectivity index (χ2v) is 4.56. The van der Waals surface area contributed by atoms with E-state index in [1.54, 1.807) is 36.5 Å². The van der Waals surface area contributed by atoms with Crippen molar-refractivity contribution >= 4 is 28.0 Å². The maximum absolute atomic E-state index is 12.3. The average Bonchev–Trinajstić information content (AvgIpc) is 2.42. The lowest BCUT2D eigenvalue weighted by Crippen LogP contribution is -2.04. The van der Waals surface area contributed by atoms with Crippen molar-refractivity contribution in [3.63, 3.8) is 0 Å². The summed E-state index contributed by atoms with van der Waals surface area (Å²) in [7, 11) is 0. The molecule has 0 radical (unpaired) electrons. The van der Waals surface area contributed by atoms with Gasteiger partial charge in [0.15, 0.2) is 0 Å². The van der Waals surface area contributed by atoms with E-state index in [4.69, 9.17) is 0 Å². The summed E-state index contributed by atoms with van der Waals surface area (Å²) < 4.78 is 29.7. The number of nitrogens with one attached hydrogen (secondary N) is 1. The van der Waals surface area contributed by atoms with E-state index in [9.17, 15) is 8.78 Å². The van der Waals surface area contributed by atoms with Gasteiger partial charge in [0.05, 0.1) is 6.21 Å². The molecule has 1 N–H and O–H groups in total. The molecule has 0 bridgehead atoms. The van der Waals surface area contributed by atoms with Crippen LogP contribution in [0.3, 0.4) is 0 Å². The minimum absolute atomic E-state index is 0.0507. The molecule has 0 saturated heterocycles. The van der Waals surface area contributed by atoms with Gasteiger partial charge in [-0.2, -0.15) is 13.9 Å². The molecule has 0 unspecified atom stereocenters. The van der Waals surface area contributed by atoms with Gasteiger partial charge in [-0.05, 0) is 30.3 Å². The first-order valence-electron chi connectivity index (χ1n) is 5.59.